The molecule has 2 aliphatic carbocycles. The van der Waals surface area contributed by atoms with E-state index in [0.29, 0.717) is 17.9 Å². The second-order valence-corrected chi connectivity index (χ2v) is 7.30. The van der Waals surface area contributed by atoms with Crippen LogP contribution in [0.15, 0.2) is 18.2 Å². The van der Waals surface area contributed by atoms with Gasteiger partial charge in [0, 0.05) is 6.04 Å². The highest BCUT2D eigenvalue weighted by Gasteiger charge is 2.31. The van der Waals surface area contributed by atoms with E-state index in [0.717, 1.165) is 12.8 Å². The molecule has 1 fully saturated rings. The van der Waals surface area contributed by atoms with Crippen molar-refractivity contribution in [3.8, 4) is 0 Å². The van der Waals surface area contributed by atoms with Gasteiger partial charge in [-0.15, -0.1) is 0 Å². The van der Waals surface area contributed by atoms with E-state index in [1.165, 1.54) is 42.4 Å². The van der Waals surface area contributed by atoms with Crippen LogP contribution in [-0.4, -0.2) is 11.9 Å². The molecule has 1 aromatic carbocycles. The van der Waals surface area contributed by atoms with E-state index in [2.05, 4.69) is 37.4 Å². The molecule has 0 aliphatic heterocycles. The van der Waals surface area contributed by atoms with Crippen LogP contribution < -0.4 is 5.32 Å². The summed E-state index contributed by atoms with van der Waals surface area (Å²) in [6.07, 6.45) is 7.65. The van der Waals surface area contributed by atoms with E-state index in [4.69, 9.17) is 0 Å². The van der Waals surface area contributed by atoms with Crippen LogP contribution in [-0.2, 0) is 24.1 Å². The molecule has 1 aromatic rings. The van der Waals surface area contributed by atoms with Crippen LogP contribution in [0.2, 0.25) is 0 Å². The molecule has 0 saturated heterocycles. The Morgan fingerprint density at radius 2 is 2.10 bits per heavy atom. The molecule has 0 radical (unpaired) electrons. The Hall–Kier alpha value is -1.31. The summed E-state index contributed by atoms with van der Waals surface area (Å²) >= 11 is 0. The Balaban J connectivity index is 1.57. The summed E-state index contributed by atoms with van der Waals surface area (Å²) in [5.41, 5.74) is 4.50. The quantitative estimate of drug-likeness (QED) is 0.897. The second kappa shape index (κ2) is 5.23. The molecule has 0 bridgehead atoms. The van der Waals surface area contributed by atoms with Crippen molar-refractivity contribution >= 4 is 5.91 Å². The average Bonchev–Trinajstić information content (AvgIpc) is 2.95. The third-order valence-corrected chi connectivity index (χ3v) is 4.86. The van der Waals surface area contributed by atoms with Crippen LogP contribution in [0, 0.1) is 5.41 Å². The number of rotatable bonds is 3. The molecule has 1 atom stereocenters. The van der Waals surface area contributed by atoms with Gasteiger partial charge in [0.25, 0.3) is 0 Å². The molecule has 0 aromatic heterocycles. The first-order valence-corrected chi connectivity index (χ1v) is 7.92. The molecule has 0 spiro atoms. The van der Waals surface area contributed by atoms with E-state index in [1.807, 2.05) is 0 Å². The Morgan fingerprint density at radius 1 is 1.30 bits per heavy atom. The monoisotopic (exact) mass is 271 g/mol. The smallest absolute Gasteiger partial charge is 0.224 e. The van der Waals surface area contributed by atoms with E-state index in [9.17, 15) is 4.79 Å². The minimum Gasteiger partial charge on any atom is -0.353 e. The summed E-state index contributed by atoms with van der Waals surface area (Å²) < 4.78 is 0. The van der Waals surface area contributed by atoms with Gasteiger partial charge >= 0.3 is 0 Å². The van der Waals surface area contributed by atoms with Crippen molar-refractivity contribution in [1.29, 1.82) is 0 Å². The van der Waals surface area contributed by atoms with Gasteiger partial charge in [-0.25, -0.2) is 0 Å². The fraction of sp³-hybridized carbons (Fsp3) is 0.611. The molecule has 0 heterocycles. The molecule has 2 nitrogen and oxygen atoms in total. The number of fused-ring (bicyclic) bond motifs is 1. The van der Waals surface area contributed by atoms with Gasteiger partial charge in [-0.3, -0.25) is 4.79 Å². The molecule has 1 saturated carbocycles. The van der Waals surface area contributed by atoms with Gasteiger partial charge in [0.2, 0.25) is 5.91 Å². The first kappa shape index (κ1) is 13.7. The number of benzene rings is 1. The van der Waals surface area contributed by atoms with E-state index < -0.39 is 0 Å². The normalized spacial score (nSPS) is 23.6. The zero-order valence-corrected chi connectivity index (χ0v) is 12.7. The fourth-order valence-electron chi connectivity index (χ4n) is 3.76. The third-order valence-electron chi connectivity index (χ3n) is 4.86. The molecule has 2 heteroatoms. The molecule has 1 N–H and O–H groups in total. The highest BCUT2D eigenvalue weighted by Crippen LogP contribution is 2.36. The molecule has 2 aliphatic rings. The molecule has 1 unspecified atom stereocenters. The Morgan fingerprint density at radius 3 is 2.85 bits per heavy atom. The highest BCUT2D eigenvalue weighted by atomic mass is 16.1. The summed E-state index contributed by atoms with van der Waals surface area (Å²) in [5.74, 6) is 0.186. The molecule has 1 amide bonds. The van der Waals surface area contributed by atoms with Gasteiger partial charge < -0.3 is 5.32 Å². The number of aryl methyl sites for hydroxylation is 2. The van der Waals surface area contributed by atoms with Crippen molar-refractivity contribution in [3.05, 3.63) is 34.9 Å². The van der Waals surface area contributed by atoms with Crippen LogP contribution in [0.5, 0.6) is 0 Å². The van der Waals surface area contributed by atoms with Crippen molar-refractivity contribution in [2.45, 2.75) is 64.8 Å². The van der Waals surface area contributed by atoms with Crippen molar-refractivity contribution in [2.75, 3.05) is 0 Å². The predicted octanol–water partition coefficient (Wildman–Crippen LogP) is 3.41. The standard InChI is InChI=1S/C18H25NO/c1-18(2)9-8-16(12-18)19-17(20)11-13-6-7-14-4-3-5-15(14)10-13/h6-7,10,16H,3-5,8-9,11-12H2,1-2H3,(H,19,20). The van der Waals surface area contributed by atoms with Crippen molar-refractivity contribution < 1.29 is 4.79 Å². The molecule has 3 rings (SSSR count). The van der Waals surface area contributed by atoms with Crippen LogP contribution >= 0.6 is 0 Å². The van der Waals surface area contributed by atoms with E-state index >= 15 is 0 Å². The minimum absolute atomic E-state index is 0.186. The van der Waals surface area contributed by atoms with Gasteiger partial charge in [-0.05, 0) is 60.6 Å². The maximum absolute atomic E-state index is 12.2. The summed E-state index contributed by atoms with van der Waals surface area (Å²) in [6, 6.07) is 6.96. The number of carbonyl (C=O) groups excluding carboxylic acids is 1. The SMILES string of the molecule is CC1(C)CCC(NC(=O)Cc2ccc3c(c2)CCC3)C1. The van der Waals surface area contributed by atoms with Crippen molar-refractivity contribution in [1.82, 2.24) is 5.32 Å². The van der Waals surface area contributed by atoms with Crippen molar-refractivity contribution in [2.24, 2.45) is 5.41 Å². The van der Waals surface area contributed by atoms with Crippen LogP contribution in [0.4, 0.5) is 0 Å². The lowest BCUT2D eigenvalue weighted by molar-refractivity contribution is -0.121. The van der Waals surface area contributed by atoms with Gasteiger partial charge in [0.05, 0.1) is 6.42 Å². The molecule has 20 heavy (non-hydrogen) atoms. The summed E-state index contributed by atoms with van der Waals surface area (Å²) in [6.45, 7) is 4.58. The summed E-state index contributed by atoms with van der Waals surface area (Å²) in [5, 5.41) is 3.21. The largest absolute Gasteiger partial charge is 0.353 e. The van der Waals surface area contributed by atoms with Gasteiger partial charge in [-0.1, -0.05) is 32.0 Å². The lowest BCUT2D eigenvalue weighted by atomic mass is 9.92. The number of hydrogen-bond acceptors (Lipinski definition) is 1. The highest BCUT2D eigenvalue weighted by molar-refractivity contribution is 5.79. The molecular weight excluding hydrogens is 246 g/mol. The third kappa shape index (κ3) is 3.05. The number of nitrogens with one attached hydrogen (secondary N) is 1. The maximum Gasteiger partial charge on any atom is 0.224 e. The Labute approximate surface area is 122 Å². The van der Waals surface area contributed by atoms with E-state index in [1.54, 1.807) is 0 Å². The topological polar surface area (TPSA) is 29.1 Å². The van der Waals surface area contributed by atoms with E-state index in [-0.39, 0.29) is 5.91 Å². The summed E-state index contributed by atoms with van der Waals surface area (Å²) in [7, 11) is 0. The second-order valence-electron chi connectivity index (χ2n) is 7.30. The first-order valence-electron chi connectivity index (χ1n) is 7.92. The average molecular weight is 271 g/mol. The zero-order chi connectivity index (χ0) is 14.2. The maximum atomic E-state index is 12.2. The predicted molar refractivity (Wildman–Crippen MR) is 81.7 cm³/mol. The lowest BCUT2D eigenvalue weighted by Crippen LogP contribution is -2.34. The Bertz CT molecular complexity index is 518. The van der Waals surface area contributed by atoms with Crippen LogP contribution in [0.1, 0.15) is 56.2 Å². The Kier molecular flexibility index (Phi) is 3.57. The van der Waals surface area contributed by atoms with Crippen LogP contribution in [0.25, 0.3) is 0 Å². The number of hydrogen-bond donors (Lipinski definition) is 1. The van der Waals surface area contributed by atoms with Gasteiger partial charge in [-0.2, -0.15) is 0 Å². The summed E-state index contributed by atoms with van der Waals surface area (Å²) in [4.78, 5) is 12.2. The number of carbonyl (C=O) groups is 1. The van der Waals surface area contributed by atoms with Gasteiger partial charge in [0.1, 0.15) is 0 Å². The molecular formula is C18H25NO. The fourth-order valence-corrected chi connectivity index (χ4v) is 3.76. The lowest BCUT2D eigenvalue weighted by Gasteiger charge is -2.18. The minimum atomic E-state index is 0.186. The molecule has 108 valence electrons. The van der Waals surface area contributed by atoms with Crippen LogP contribution in [0.3, 0.4) is 0 Å². The zero-order valence-electron chi connectivity index (χ0n) is 12.7. The number of amides is 1. The first-order chi connectivity index (χ1) is 9.52. The van der Waals surface area contributed by atoms with Gasteiger partial charge in [0.15, 0.2) is 0 Å². The van der Waals surface area contributed by atoms with Crippen molar-refractivity contribution in [3.63, 3.8) is 0 Å².